The smallest absolute Gasteiger partial charge is 0.305 e. The number of hydrogen-bond donors (Lipinski definition) is 3. The van der Waals surface area contributed by atoms with Crippen LogP contribution in [0.4, 0.5) is 0 Å². The topological polar surface area (TPSA) is 98.7 Å². The molecular formula is C25H37N3O4. The normalized spacial score (nSPS) is 20.5. The molecule has 2 amide bonds. The van der Waals surface area contributed by atoms with E-state index in [1.165, 1.54) is 0 Å². The van der Waals surface area contributed by atoms with Crippen LogP contribution < -0.4 is 10.6 Å². The Labute approximate surface area is 190 Å². The van der Waals surface area contributed by atoms with Crippen molar-refractivity contribution in [3.05, 3.63) is 35.9 Å². The number of aryl methyl sites for hydroxylation is 1. The lowest BCUT2D eigenvalue weighted by molar-refractivity contribution is -0.138. The number of hydrogen-bond acceptors (Lipinski definition) is 4. The third kappa shape index (κ3) is 7.93. The lowest BCUT2D eigenvalue weighted by atomic mass is 9.92. The number of nitrogens with one attached hydrogen (secondary N) is 2. The number of amides is 2. The molecule has 1 unspecified atom stereocenters. The van der Waals surface area contributed by atoms with Gasteiger partial charge in [0.05, 0.1) is 12.3 Å². The Kier molecular flexibility index (Phi) is 9.53. The highest BCUT2D eigenvalue weighted by Gasteiger charge is 2.30. The van der Waals surface area contributed by atoms with E-state index in [9.17, 15) is 19.5 Å². The molecule has 2 saturated heterocycles. The van der Waals surface area contributed by atoms with Crippen molar-refractivity contribution in [1.82, 2.24) is 15.5 Å². The monoisotopic (exact) mass is 443 g/mol. The minimum absolute atomic E-state index is 0.0931. The number of carbonyl (C=O) groups is 3. The quantitative estimate of drug-likeness (QED) is 0.516. The Balaban J connectivity index is 1.48. The highest BCUT2D eigenvalue weighted by molar-refractivity contribution is 5.82. The molecule has 0 bridgehead atoms. The fourth-order valence-electron chi connectivity index (χ4n) is 4.81. The average Bonchev–Trinajstić information content (AvgIpc) is 2.82. The molecule has 7 nitrogen and oxygen atoms in total. The maximum atomic E-state index is 12.9. The van der Waals surface area contributed by atoms with E-state index in [1.807, 2.05) is 35.2 Å². The van der Waals surface area contributed by atoms with Crippen LogP contribution in [-0.4, -0.2) is 60.0 Å². The maximum Gasteiger partial charge on any atom is 0.305 e. The van der Waals surface area contributed by atoms with E-state index >= 15 is 0 Å². The molecule has 0 saturated carbocycles. The van der Waals surface area contributed by atoms with Gasteiger partial charge in [-0.3, -0.25) is 14.4 Å². The number of rotatable bonds is 10. The molecule has 0 spiro atoms. The molecule has 0 aliphatic carbocycles. The summed E-state index contributed by atoms with van der Waals surface area (Å²) < 4.78 is 0. The second-order valence-corrected chi connectivity index (χ2v) is 9.24. The van der Waals surface area contributed by atoms with Gasteiger partial charge in [0.25, 0.3) is 0 Å². The number of aliphatic carboxylic acids is 1. The molecule has 2 fully saturated rings. The van der Waals surface area contributed by atoms with Crippen LogP contribution in [0.5, 0.6) is 0 Å². The number of benzene rings is 1. The van der Waals surface area contributed by atoms with E-state index in [4.69, 9.17) is 0 Å². The Morgan fingerprint density at radius 2 is 1.88 bits per heavy atom. The lowest BCUT2D eigenvalue weighted by Gasteiger charge is -2.33. The summed E-state index contributed by atoms with van der Waals surface area (Å²) in [6.45, 7) is 3.22. The molecule has 2 heterocycles. The average molecular weight is 444 g/mol. The first-order valence-electron chi connectivity index (χ1n) is 12.1. The van der Waals surface area contributed by atoms with E-state index in [1.54, 1.807) is 0 Å². The van der Waals surface area contributed by atoms with Crippen molar-refractivity contribution in [1.29, 1.82) is 0 Å². The molecule has 2 aliphatic heterocycles. The van der Waals surface area contributed by atoms with Gasteiger partial charge in [0.2, 0.25) is 11.8 Å². The molecule has 0 radical (unpaired) electrons. The van der Waals surface area contributed by atoms with Gasteiger partial charge in [0.1, 0.15) is 0 Å². The zero-order valence-electron chi connectivity index (χ0n) is 18.9. The standard InChI is InChI=1S/C25H37N3O4/c29-23(11-9-20-12-14-26-15-13-20)28-16-4-7-21(18-28)25(32)27-22(17-24(30)31)10-8-19-5-2-1-3-6-19/h1-3,5-6,20-22,26H,4,7-18H2,(H,27,32)(H,30,31)/t21-,22?/m1/s1. The number of carboxylic acids is 1. The predicted octanol–water partition coefficient (Wildman–Crippen LogP) is 2.60. The number of carboxylic acid groups (broad SMARTS) is 1. The van der Waals surface area contributed by atoms with Crippen molar-refractivity contribution in [2.45, 2.75) is 63.8 Å². The summed E-state index contributed by atoms with van der Waals surface area (Å²) >= 11 is 0. The Morgan fingerprint density at radius 3 is 2.59 bits per heavy atom. The van der Waals surface area contributed by atoms with Crippen LogP contribution in [0.2, 0.25) is 0 Å². The largest absolute Gasteiger partial charge is 0.481 e. The van der Waals surface area contributed by atoms with Crippen LogP contribution in [0.25, 0.3) is 0 Å². The first-order chi connectivity index (χ1) is 15.5. The van der Waals surface area contributed by atoms with E-state index in [0.717, 1.165) is 50.8 Å². The van der Waals surface area contributed by atoms with Crippen molar-refractivity contribution in [2.24, 2.45) is 11.8 Å². The van der Waals surface area contributed by atoms with Gasteiger partial charge in [-0.15, -0.1) is 0 Å². The van der Waals surface area contributed by atoms with Crippen molar-refractivity contribution < 1.29 is 19.5 Å². The van der Waals surface area contributed by atoms with Gasteiger partial charge in [0, 0.05) is 25.6 Å². The molecule has 2 atom stereocenters. The summed E-state index contributed by atoms with van der Waals surface area (Å²) in [5.74, 6) is -0.542. The van der Waals surface area contributed by atoms with Crippen LogP contribution >= 0.6 is 0 Å². The summed E-state index contributed by atoms with van der Waals surface area (Å²) in [6, 6.07) is 9.47. The zero-order chi connectivity index (χ0) is 22.8. The molecule has 32 heavy (non-hydrogen) atoms. The summed E-state index contributed by atoms with van der Waals surface area (Å²) in [5.41, 5.74) is 1.13. The second kappa shape index (κ2) is 12.6. The SMILES string of the molecule is O=C(O)CC(CCc1ccccc1)NC(=O)[C@@H]1CCCN(C(=O)CCC2CCNCC2)C1. The molecule has 2 aliphatic rings. The Morgan fingerprint density at radius 1 is 1.12 bits per heavy atom. The zero-order valence-corrected chi connectivity index (χ0v) is 18.9. The molecule has 1 aromatic rings. The van der Waals surface area contributed by atoms with E-state index in [2.05, 4.69) is 10.6 Å². The molecule has 3 N–H and O–H groups in total. The van der Waals surface area contributed by atoms with Gasteiger partial charge in [-0.05, 0) is 69.5 Å². The van der Waals surface area contributed by atoms with E-state index < -0.39 is 12.0 Å². The van der Waals surface area contributed by atoms with Crippen molar-refractivity contribution in [3.63, 3.8) is 0 Å². The predicted molar refractivity (Wildman–Crippen MR) is 123 cm³/mol. The van der Waals surface area contributed by atoms with Gasteiger partial charge < -0.3 is 20.6 Å². The number of piperidine rings is 2. The van der Waals surface area contributed by atoms with Gasteiger partial charge >= 0.3 is 5.97 Å². The third-order valence-electron chi connectivity index (χ3n) is 6.76. The fourth-order valence-corrected chi connectivity index (χ4v) is 4.81. The van der Waals surface area contributed by atoms with Crippen LogP contribution in [0.15, 0.2) is 30.3 Å². The highest BCUT2D eigenvalue weighted by Crippen LogP contribution is 2.22. The Hall–Kier alpha value is -2.41. The highest BCUT2D eigenvalue weighted by atomic mass is 16.4. The number of carbonyl (C=O) groups excluding carboxylic acids is 2. The van der Waals surface area contributed by atoms with E-state index in [0.29, 0.717) is 38.3 Å². The van der Waals surface area contributed by atoms with Gasteiger partial charge in [-0.1, -0.05) is 30.3 Å². The van der Waals surface area contributed by atoms with Gasteiger partial charge in [0.15, 0.2) is 0 Å². The van der Waals surface area contributed by atoms with Gasteiger partial charge in [-0.2, -0.15) is 0 Å². The minimum Gasteiger partial charge on any atom is -0.481 e. The first kappa shape index (κ1) is 24.2. The van der Waals surface area contributed by atoms with E-state index in [-0.39, 0.29) is 24.2 Å². The van der Waals surface area contributed by atoms with Crippen molar-refractivity contribution >= 4 is 17.8 Å². The molecule has 176 valence electrons. The lowest BCUT2D eigenvalue weighted by Crippen LogP contribution is -2.48. The van der Waals surface area contributed by atoms with Gasteiger partial charge in [-0.25, -0.2) is 0 Å². The van der Waals surface area contributed by atoms with Crippen molar-refractivity contribution in [3.8, 4) is 0 Å². The third-order valence-corrected chi connectivity index (χ3v) is 6.76. The second-order valence-electron chi connectivity index (χ2n) is 9.24. The molecular weight excluding hydrogens is 406 g/mol. The summed E-state index contributed by atoms with van der Waals surface area (Å²) in [5, 5.41) is 15.6. The molecule has 7 heteroatoms. The fraction of sp³-hybridized carbons (Fsp3) is 0.640. The Bertz CT molecular complexity index is 749. The van der Waals surface area contributed by atoms with Crippen LogP contribution in [0.3, 0.4) is 0 Å². The molecule has 3 rings (SSSR count). The van der Waals surface area contributed by atoms with Crippen LogP contribution in [-0.2, 0) is 20.8 Å². The van der Waals surface area contributed by atoms with Crippen molar-refractivity contribution in [2.75, 3.05) is 26.2 Å². The summed E-state index contributed by atoms with van der Waals surface area (Å²) in [4.78, 5) is 38.8. The van der Waals surface area contributed by atoms with Crippen LogP contribution in [0, 0.1) is 11.8 Å². The van der Waals surface area contributed by atoms with Crippen LogP contribution in [0.1, 0.15) is 56.9 Å². The first-order valence-corrected chi connectivity index (χ1v) is 12.1. The number of likely N-dealkylation sites (tertiary alicyclic amines) is 1. The number of nitrogens with zero attached hydrogens (tertiary/aromatic N) is 1. The minimum atomic E-state index is -0.915. The molecule has 1 aromatic carbocycles. The molecule has 0 aromatic heterocycles. The maximum absolute atomic E-state index is 12.9. The summed E-state index contributed by atoms with van der Waals surface area (Å²) in [7, 11) is 0. The summed E-state index contributed by atoms with van der Waals surface area (Å²) in [6.07, 6.45) is 6.49.